The Kier molecular flexibility index (Phi) is 6.67. The van der Waals surface area contributed by atoms with Gasteiger partial charge in [0.05, 0.1) is 6.54 Å². The Morgan fingerprint density at radius 3 is 2.43 bits per heavy atom. The predicted molar refractivity (Wildman–Crippen MR) is 82.6 cm³/mol. The molecule has 1 aliphatic carbocycles. The van der Waals surface area contributed by atoms with Crippen molar-refractivity contribution in [3.8, 4) is 0 Å². The maximum Gasteiger partial charge on any atom is 0.233 e. The smallest absolute Gasteiger partial charge is 0.233 e. The number of carbonyl (C=O) groups is 1. The van der Waals surface area contributed by atoms with Crippen molar-refractivity contribution < 1.29 is 9.18 Å². The minimum Gasteiger partial charge on any atom is -0.355 e. The number of amides is 1. The van der Waals surface area contributed by atoms with Gasteiger partial charge in [0.2, 0.25) is 5.91 Å². The molecule has 116 valence electrons. The van der Waals surface area contributed by atoms with Crippen molar-refractivity contribution in [1.82, 2.24) is 10.6 Å². The summed E-state index contributed by atoms with van der Waals surface area (Å²) in [6, 6.07) is 6.90. The molecule has 0 spiro atoms. The van der Waals surface area contributed by atoms with Crippen molar-refractivity contribution in [2.45, 2.75) is 51.0 Å². The average molecular weight is 292 g/mol. The molecule has 0 radical (unpaired) electrons. The van der Waals surface area contributed by atoms with Crippen LogP contribution in [0.1, 0.15) is 44.1 Å². The molecule has 0 atom stereocenters. The van der Waals surface area contributed by atoms with Gasteiger partial charge in [-0.3, -0.25) is 4.79 Å². The highest BCUT2D eigenvalue weighted by molar-refractivity contribution is 5.78. The number of hydrogen-bond acceptors (Lipinski definition) is 2. The minimum absolute atomic E-state index is 0.0429. The van der Waals surface area contributed by atoms with E-state index in [2.05, 4.69) is 10.6 Å². The van der Waals surface area contributed by atoms with Crippen molar-refractivity contribution in [3.63, 3.8) is 0 Å². The largest absolute Gasteiger partial charge is 0.355 e. The van der Waals surface area contributed by atoms with Crippen LogP contribution < -0.4 is 10.6 Å². The molecule has 1 aliphatic rings. The summed E-state index contributed by atoms with van der Waals surface area (Å²) in [5, 5.41) is 6.26. The molecule has 4 heteroatoms. The second kappa shape index (κ2) is 8.78. The molecule has 1 saturated carbocycles. The SMILES string of the molecule is O=C(CNC1CCCCCC1)NCCc1ccc(F)cc1. The lowest BCUT2D eigenvalue weighted by molar-refractivity contribution is -0.120. The zero-order valence-electron chi connectivity index (χ0n) is 12.5. The third-order valence-electron chi connectivity index (χ3n) is 4.06. The normalized spacial score (nSPS) is 16.4. The monoisotopic (exact) mass is 292 g/mol. The molecule has 1 aromatic rings. The van der Waals surface area contributed by atoms with Gasteiger partial charge >= 0.3 is 0 Å². The lowest BCUT2D eigenvalue weighted by Gasteiger charge is -2.15. The fraction of sp³-hybridized carbons (Fsp3) is 0.588. The van der Waals surface area contributed by atoms with Crippen molar-refractivity contribution in [3.05, 3.63) is 35.6 Å². The van der Waals surface area contributed by atoms with E-state index >= 15 is 0 Å². The van der Waals surface area contributed by atoms with E-state index in [0.29, 0.717) is 19.1 Å². The summed E-state index contributed by atoms with van der Waals surface area (Å²) in [7, 11) is 0. The zero-order chi connectivity index (χ0) is 14.9. The zero-order valence-corrected chi connectivity index (χ0v) is 12.5. The summed E-state index contributed by atoms with van der Waals surface area (Å²) in [6.07, 6.45) is 8.28. The first-order valence-corrected chi connectivity index (χ1v) is 7.98. The van der Waals surface area contributed by atoms with Crippen LogP contribution in [0.3, 0.4) is 0 Å². The van der Waals surface area contributed by atoms with Crippen LogP contribution in [-0.2, 0) is 11.2 Å². The summed E-state index contributed by atoms with van der Waals surface area (Å²) in [4.78, 5) is 11.8. The van der Waals surface area contributed by atoms with Crippen LogP contribution in [0, 0.1) is 5.82 Å². The van der Waals surface area contributed by atoms with E-state index in [9.17, 15) is 9.18 Å². The maximum atomic E-state index is 12.8. The molecule has 0 bridgehead atoms. The van der Waals surface area contributed by atoms with Gasteiger partial charge in [-0.05, 0) is 37.0 Å². The Bertz CT molecular complexity index is 425. The fourth-order valence-corrected chi connectivity index (χ4v) is 2.78. The van der Waals surface area contributed by atoms with Crippen molar-refractivity contribution >= 4 is 5.91 Å². The Morgan fingerprint density at radius 2 is 1.76 bits per heavy atom. The molecule has 1 fully saturated rings. The van der Waals surface area contributed by atoms with Crippen LogP contribution in [0.2, 0.25) is 0 Å². The van der Waals surface area contributed by atoms with Crippen LogP contribution in [0.4, 0.5) is 4.39 Å². The Labute approximate surface area is 126 Å². The number of carbonyl (C=O) groups excluding carboxylic acids is 1. The second-order valence-electron chi connectivity index (χ2n) is 5.80. The summed E-state index contributed by atoms with van der Waals surface area (Å²) in [5.74, 6) is -0.184. The van der Waals surface area contributed by atoms with Crippen LogP contribution in [-0.4, -0.2) is 25.0 Å². The van der Waals surface area contributed by atoms with Gasteiger partial charge in [-0.1, -0.05) is 37.8 Å². The lowest BCUT2D eigenvalue weighted by atomic mass is 10.1. The van der Waals surface area contributed by atoms with E-state index in [0.717, 1.165) is 12.0 Å². The van der Waals surface area contributed by atoms with Crippen LogP contribution in [0.15, 0.2) is 24.3 Å². The number of rotatable bonds is 6. The summed E-state index contributed by atoms with van der Waals surface area (Å²) >= 11 is 0. The number of benzene rings is 1. The van der Waals surface area contributed by atoms with E-state index in [1.165, 1.54) is 50.7 Å². The van der Waals surface area contributed by atoms with E-state index in [1.54, 1.807) is 12.1 Å². The van der Waals surface area contributed by atoms with Crippen molar-refractivity contribution in [1.29, 1.82) is 0 Å². The standard InChI is InChI=1S/C17H25FN2O/c18-15-9-7-14(8-10-15)11-12-19-17(21)13-20-16-5-3-1-2-4-6-16/h7-10,16,20H,1-6,11-13H2,(H,19,21). The molecule has 2 rings (SSSR count). The second-order valence-corrected chi connectivity index (χ2v) is 5.80. The van der Waals surface area contributed by atoms with Crippen LogP contribution in [0.5, 0.6) is 0 Å². The molecule has 2 N–H and O–H groups in total. The Morgan fingerprint density at radius 1 is 1.10 bits per heavy atom. The quantitative estimate of drug-likeness (QED) is 0.792. The molecule has 0 heterocycles. The van der Waals surface area contributed by atoms with Gasteiger partial charge < -0.3 is 10.6 Å². The molecule has 21 heavy (non-hydrogen) atoms. The third kappa shape index (κ3) is 6.25. The molecule has 0 unspecified atom stereocenters. The van der Waals surface area contributed by atoms with Gasteiger partial charge in [0.25, 0.3) is 0 Å². The van der Waals surface area contributed by atoms with Crippen molar-refractivity contribution in [2.24, 2.45) is 0 Å². The van der Waals surface area contributed by atoms with Gasteiger partial charge in [0, 0.05) is 12.6 Å². The molecule has 0 aromatic heterocycles. The fourth-order valence-electron chi connectivity index (χ4n) is 2.78. The average Bonchev–Trinajstić information content (AvgIpc) is 2.76. The van der Waals surface area contributed by atoms with E-state index in [1.807, 2.05) is 0 Å². The van der Waals surface area contributed by atoms with E-state index in [4.69, 9.17) is 0 Å². The summed E-state index contributed by atoms with van der Waals surface area (Å²) in [5.41, 5.74) is 1.04. The molecule has 0 saturated heterocycles. The first-order valence-electron chi connectivity index (χ1n) is 7.98. The van der Waals surface area contributed by atoms with Crippen molar-refractivity contribution in [2.75, 3.05) is 13.1 Å². The van der Waals surface area contributed by atoms with Crippen LogP contribution >= 0.6 is 0 Å². The van der Waals surface area contributed by atoms with E-state index in [-0.39, 0.29) is 11.7 Å². The highest BCUT2D eigenvalue weighted by Crippen LogP contribution is 2.16. The third-order valence-corrected chi connectivity index (χ3v) is 4.06. The lowest BCUT2D eigenvalue weighted by Crippen LogP contribution is -2.39. The number of halogens is 1. The molecular formula is C17H25FN2O. The molecule has 3 nitrogen and oxygen atoms in total. The molecular weight excluding hydrogens is 267 g/mol. The Hall–Kier alpha value is -1.42. The van der Waals surface area contributed by atoms with Gasteiger partial charge in [0.1, 0.15) is 5.82 Å². The van der Waals surface area contributed by atoms with Gasteiger partial charge in [-0.15, -0.1) is 0 Å². The maximum absolute atomic E-state index is 12.8. The van der Waals surface area contributed by atoms with Crippen LogP contribution in [0.25, 0.3) is 0 Å². The predicted octanol–water partition coefficient (Wildman–Crippen LogP) is 2.80. The van der Waals surface area contributed by atoms with Gasteiger partial charge in [-0.25, -0.2) is 4.39 Å². The molecule has 1 aromatic carbocycles. The minimum atomic E-state index is -0.226. The topological polar surface area (TPSA) is 41.1 Å². The van der Waals surface area contributed by atoms with Gasteiger partial charge in [0.15, 0.2) is 0 Å². The Balaban J connectivity index is 1.59. The highest BCUT2D eigenvalue weighted by atomic mass is 19.1. The summed E-state index contributed by atoms with van der Waals surface area (Å²) in [6.45, 7) is 0.991. The highest BCUT2D eigenvalue weighted by Gasteiger charge is 2.12. The first kappa shape index (κ1) is 16.0. The number of hydrogen-bond donors (Lipinski definition) is 2. The number of nitrogens with one attached hydrogen (secondary N) is 2. The molecule has 1 amide bonds. The molecule has 0 aliphatic heterocycles. The summed E-state index contributed by atoms with van der Waals surface area (Å²) < 4.78 is 12.8. The van der Waals surface area contributed by atoms with E-state index < -0.39 is 0 Å². The van der Waals surface area contributed by atoms with Gasteiger partial charge in [-0.2, -0.15) is 0 Å². The first-order chi connectivity index (χ1) is 10.2.